The lowest BCUT2D eigenvalue weighted by atomic mass is 10.1. The highest BCUT2D eigenvalue weighted by atomic mass is 32.1. The van der Waals surface area contributed by atoms with Crippen molar-refractivity contribution in [3.05, 3.63) is 53.2 Å². The number of nitrogens with zero attached hydrogens (tertiary/aromatic N) is 2. The van der Waals surface area contributed by atoms with E-state index < -0.39 is 0 Å². The molecule has 5 nitrogen and oxygen atoms in total. The number of hydrogen-bond acceptors (Lipinski definition) is 4. The van der Waals surface area contributed by atoms with Crippen LogP contribution < -0.4 is 4.74 Å². The van der Waals surface area contributed by atoms with Crippen LogP contribution in [0.5, 0.6) is 5.75 Å². The van der Waals surface area contributed by atoms with Crippen molar-refractivity contribution in [1.82, 2.24) is 14.8 Å². The molecule has 2 aromatic carbocycles. The molecule has 0 aliphatic heterocycles. The van der Waals surface area contributed by atoms with Crippen molar-refractivity contribution in [2.24, 2.45) is 0 Å². The zero-order valence-corrected chi connectivity index (χ0v) is 15.5. The largest absolute Gasteiger partial charge is 0.493 e. The van der Waals surface area contributed by atoms with Gasteiger partial charge in [0.1, 0.15) is 12.3 Å². The standard InChI is InChI=1S/C20H21N3O2S/c1-2-3-6-12-24-17-11-7-10-16-19(17)14-8-4-5-9-15(14)23(16)13-18-21-22-20(26)25-18/h4-5,7-11H,2-3,6,12-13H2,1H3,(H,22,26). The summed E-state index contributed by atoms with van der Waals surface area (Å²) in [5.74, 6) is 1.49. The van der Waals surface area contributed by atoms with Gasteiger partial charge >= 0.3 is 0 Å². The Morgan fingerprint density at radius 1 is 1.12 bits per heavy atom. The molecule has 0 atom stereocenters. The van der Waals surface area contributed by atoms with Crippen molar-refractivity contribution < 1.29 is 9.15 Å². The quantitative estimate of drug-likeness (QED) is 0.348. The maximum Gasteiger partial charge on any atom is 0.284 e. The molecule has 0 saturated carbocycles. The van der Waals surface area contributed by atoms with E-state index in [-0.39, 0.29) is 0 Å². The first-order valence-corrected chi connectivity index (χ1v) is 9.36. The second-order valence-electron chi connectivity index (χ2n) is 6.32. The van der Waals surface area contributed by atoms with E-state index in [0.717, 1.165) is 35.2 Å². The number of aromatic nitrogens is 3. The smallest absolute Gasteiger partial charge is 0.284 e. The van der Waals surface area contributed by atoms with Gasteiger partial charge in [-0.25, -0.2) is 5.10 Å². The first kappa shape index (κ1) is 16.8. The summed E-state index contributed by atoms with van der Waals surface area (Å²) in [6, 6.07) is 14.5. The Labute approximate surface area is 156 Å². The van der Waals surface area contributed by atoms with Gasteiger partial charge in [-0.2, -0.15) is 0 Å². The fraction of sp³-hybridized carbons (Fsp3) is 0.300. The molecule has 0 fully saturated rings. The van der Waals surface area contributed by atoms with Crippen LogP contribution in [0.3, 0.4) is 0 Å². The van der Waals surface area contributed by atoms with E-state index in [1.807, 2.05) is 18.2 Å². The molecule has 0 saturated heterocycles. The third kappa shape index (κ3) is 3.12. The highest BCUT2D eigenvalue weighted by Crippen LogP contribution is 2.36. The van der Waals surface area contributed by atoms with Crippen LogP contribution >= 0.6 is 12.2 Å². The zero-order chi connectivity index (χ0) is 17.9. The van der Waals surface area contributed by atoms with Crippen LogP contribution in [0.25, 0.3) is 21.8 Å². The van der Waals surface area contributed by atoms with Crippen LogP contribution in [-0.4, -0.2) is 21.4 Å². The SMILES string of the molecule is CCCCCOc1cccc2c1c1ccccc1n2Cc1n[nH]c(=S)o1. The van der Waals surface area contributed by atoms with Gasteiger partial charge in [0.05, 0.1) is 12.1 Å². The molecule has 0 aliphatic rings. The Kier molecular flexibility index (Phi) is 4.75. The Bertz CT molecular complexity index is 1090. The molecule has 2 aromatic heterocycles. The number of nitrogens with one attached hydrogen (secondary N) is 1. The molecule has 4 rings (SSSR count). The zero-order valence-electron chi connectivity index (χ0n) is 14.7. The fourth-order valence-corrected chi connectivity index (χ4v) is 3.50. The monoisotopic (exact) mass is 367 g/mol. The Morgan fingerprint density at radius 2 is 1.96 bits per heavy atom. The Hall–Kier alpha value is -2.60. The summed E-state index contributed by atoms with van der Waals surface area (Å²) < 4.78 is 13.8. The van der Waals surface area contributed by atoms with Gasteiger partial charge in [-0.15, -0.1) is 5.10 Å². The summed E-state index contributed by atoms with van der Waals surface area (Å²) in [5.41, 5.74) is 2.22. The maximum atomic E-state index is 6.12. The van der Waals surface area contributed by atoms with Crippen molar-refractivity contribution in [3.8, 4) is 5.75 Å². The van der Waals surface area contributed by atoms with E-state index in [1.165, 1.54) is 18.2 Å². The minimum Gasteiger partial charge on any atom is -0.493 e. The predicted octanol–water partition coefficient (Wildman–Crippen LogP) is 5.46. The van der Waals surface area contributed by atoms with Crippen LogP contribution in [-0.2, 0) is 6.54 Å². The van der Waals surface area contributed by atoms with E-state index in [0.29, 0.717) is 17.3 Å². The first-order valence-electron chi connectivity index (χ1n) is 8.95. The van der Waals surface area contributed by atoms with Crippen LogP contribution in [0.1, 0.15) is 32.1 Å². The van der Waals surface area contributed by atoms with Gasteiger partial charge in [0.2, 0.25) is 5.89 Å². The number of rotatable bonds is 7. The van der Waals surface area contributed by atoms with E-state index in [1.54, 1.807) is 0 Å². The molecule has 1 N–H and O–H groups in total. The van der Waals surface area contributed by atoms with Crippen LogP contribution in [0, 0.1) is 4.84 Å². The molecule has 0 aliphatic carbocycles. The van der Waals surface area contributed by atoms with Crippen molar-refractivity contribution >= 4 is 34.0 Å². The maximum absolute atomic E-state index is 6.12. The number of aromatic amines is 1. The van der Waals surface area contributed by atoms with Gasteiger partial charge in [0.25, 0.3) is 4.84 Å². The molecule has 0 amide bonds. The summed E-state index contributed by atoms with van der Waals surface area (Å²) in [6.45, 7) is 3.44. The van der Waals surface area contributed by atoms with Gasteiger partial charge in [-0.3, -0.25) is 0 Å². The van der Waals surface area contributed by atoms with Gasteiger partial charge in [-0.05, 0) is 36.8 Å². The van der Waals surface area contributed by atoms with Crippen molar-refractivity contribution in [3.63, 3.8) is 0 Å². The third-order valence-electron chi connectivity index (χ3n) is 4.54. The van der Waals surface area contributed by atoms with Gasteiger partial charge in [0, 0.05) is 16.3 Å². The van der Waals surface area contributed by atoms with Gasteiger partial charge < -0.3 is 13.7 Å². The number of benzene rings is 2. The fourth-order valence-electron chi connectivity index (χ4n) is 3.35. The number of hydrogen-bond donors (Lipinski definition) is 1. The molecule has 134 valence electrons. The predicted molar refractivity (Wildman–Crippen MR) is 105 cm³/mol. The molecule has 0 spiro atoms. The number of unbranched alkanes of at least 4 members (excludes halogenated alkanes) is 2. The van der Waals surface area contributed by atoms with Crippen molar-refractivity contribution in [2.45, 2.75) is 32.7 Å². The summed E-state index contributed by atoms with van der Waals surface area (Å²) in [7, 11) is 0. The average Bonchev–Trinajstić information content (AvgIpc) is 3.21. The second-order valence-corrected chi connectivity index (χ2v) is 6.69. The lowest BCUT2D eigenvalue weighted by Gasteiger charge is -2.08. The molecule has 26 heavy (non-hydrogen) atoms. The van der Waals surface area contributed by atoms with Gasteiger partial charge in [0.15, 0.2) is 0 Å². The molecule has 2 heterocycles. The molecule has 4 aromatic rings. The normalized spacial score (nSPS) is 11.4. The Balaban J connectivity index is 1.81. The molecular formula is C20H21N3O2S. The van der Waals surface area contributed by atoms with Crippen LogP contribution in [0.15, 0.2) is 46.9 Å². The lowest BCUT2D eigenvalue weighted by molar-refractivity contribution is 0.310. The average molecular weight is 367 g/mol. The topological polar surface area (TPSA) is 56.0 Å². The van der Waals surface area contributed by atoms with Crippen LogP contribution in [0.4, 0.5) is 0 Å². The van der Waals surface area contributed by atoms with E-state index in [9.17, 15) is 0 Å². The van der Waals surface area contributed by atoms with E-state index >= 15 is 0 Å². The molecule has 6 heteroatoms. The number of fused-ring (bicyclic) bond motifs is 3. The van der Waals surface area contributed by atoms with E-state index in [2.05, 4.69) is 46.0 Å². The summed E-state index contributed by atoms with van der Waals surface area (Å²) in [6.07, 6.45) is 3.44. The molecular weight excluding hydrogens is 346 g/mol. The third-order valence-corrected chi connectivity index (χ3v) is 4.72. The highest BCUT2D eigenvalue weighted by Gasteiger charge is 2.15. The van der Waals surface area contributed by atoms with Crippen molar-refractivity contribution in [2.75, 3.05) is 6.61 Å². The van der Waals surface area contributed by atoms with Crippen LogP contribution in [0.2, 0.25) is 0 Å². The molecule has 0 bridgehead atoms. The molecule has 0 unspecified atom stereocenters. The van der Waals surface area contributed by atoms with Gasteiger partial charge in [-0.1, -0.05) is 44.0 Å². The Morgan fingerprint density at radius 3 is 2.77 bits per heavy atom. The number of ether oxygens (including phenoxy) is 1. The summed E-state index contributed by atoms with van der Waals surface area (Å²) in [4.78, 5) is 0.292. The first-order chi connectivity index (χ1) is 12.8. The highest BCUT2D eigenvalue weighted by molar-refractivity contribution is 7.71. The minimum atomic E-state index is 0.292. The second kappa shape index (κ2) is 7.33. The van der Waals surface area contributed by atoms with E-state index in [4.69, 9.17) is 21.4 Å². The number of H-pyrrole nitrogens is 1. The number of para-hydroxylation sites is 1. The lowest BCUT2D eigenvalue weighted by Crippen LogP contribution is -2.00. The minimum absolute atomic E-state index is 0.292. The summed E-state index contributed by atoms with van der Waals surface area (Å²) in [5, 5.41) is 9.14. The van der Waals surface area contributed by atoms with Crippen molar-refractivity contribution in [1.29, 1.82) is 0 Å². The summed E-state index contributed by atoms with van der Waals surface area (Å²) >= 11 is 5.00. The molecule has 0 radical (unpaired) electrons.